The Kier molecular flexibility index (Phi) is 7.76. The van der Waals surface area contributed by atoms with Crippen molar-refractivity contribution >= 4 is 40.0 Å². The first-order valence-electron chi connectivity index (χ1n) is 12.7. The number of methoxy groups -OCH3 is 2. The van der Waals surface area contributed by atoms with Gasteiger partial charge in [0.2, 0.25) is 0 Å². The van der Waals surface area contributed by atoms with E-state index in [0.29, 0.717) is 23.7 Å². The number of aromatic nitrogens is 3. The Morgan fingerprint density at radius 3 is 2.02 bits per heavy atom. The zero-order valence-electron chi connectivity index (χ0n) is 22.8. The van der Waals surface area contributed by atoms with E-state index in [4.69, 9.17) is 26.1 Å². The van der Waals surface area contributed by atoms with E-state index >= 15 is 0 Å². The molecule has 0 atom stereocenters. The van der Waals surface area contributed by atoms with Crippen LogP contribution in [0, 0.1) is 18.3 Å². The van der Waals surface area contributed by atoms with Crippen LogP contribution >= 0.6 is 11.6 Å². The molecule has 0 bridgehead atoms. The van der Waals surface area contributed by atoms with Gasteiger partial charge in [0.1, 0.15) is 22.8 Å². The highest BCUT2D eigenvalue weighted by molar-refractivity contribution is 6.33. The van der Waals surface area contributed by atoms with Crippen molar-refractivity contribution in [2.24, 2.45) is 0 Å². The van der Waals surface area contributed by atoms with Crippen molar-refractivity contribution in [1.82, 2.24) is 15.0 Å². The SMILES string of the molecule is COc1ccc(CN(Cc2ccc(OC)cc2)c2nc(N(C)c3ccc(C#N)cc3Cl)c(C)c3nc[nH]c23)cc1. The number of anilines is 3. The second kappa shape index (κ2) is 11.6. The number of ether oxygens (including phenoxy) is 2. The molecule has 0 saturated carbocycles. The lowest BCUT2D eigenvalue weighted by molar-refractivity contribution is 0.414. The molecule has 2 heterocycles. The minimum Gasteiger partial charge on any atom is -0.497 e. The third-order valence-electron chi connectivity index (χ3n) is 6.89. The number of imidazole rings is 1. The summed E-state index contributed by atoms with van der Waals surface area (Å²) >= 11 is 6.60. The van der Waals surface area contributed by atoms with Gasteiger partial charge < -0.3 is 24.3 Å². The average Bonchev–Trinajstić information content (AvgIpc) is 3.48. The van der Waals surface area contributed by atoms with Gasteiger partial charge in [-0.2, -0.15) is 5.26 Å². The van der Waals surface area contributed by atoms with Crippen LogP contribution in [0.4, 0.5) is 17.3 Å². The van der Waals surface area contributed by atoms with Gasteiger partial charge in [-0.05, 0) is 60.5 Å². The second-order valence-corrected chi connectivity index (χ2v) is 9.81. The predicted molar refractivity (Wildman–Crippen MR) is 159 cm³/mol. The number of hydrogen-bond acceptors (Lipinski definition) is 7. The number of pyridine rings is 1. The molecule has 1 N–H and O–H groups in total. The predicted octanol–water partition coefficient (Wildman–Crippen LogP) is 6.78. The third kappa shape index (κ3) is 5.37. The highest BCUT2D eigenvalue weighted by Crippen LogP contribution is 2.37. The van der Waals surface area contributed by atoms with Crippen LogP contribution in [-0.2, 0) is 13.1 Å². The fourth-order valence-electron chi connectivity index (χ4n) is 4.72. The molecule has 202 valence electrons. The van der Waals surface area contributed by atoms with Crippen LogP contribution in [0.25, 0.3) is 11.0 Å². The zero-order valence-corrected chi connectivity index (χ0v) is 23.5. The van der Waals surface area contributed by atoms with Crippen LogP contribution in [0.3, 0.4) is 0 Å². The quantitative estimate of drug-likeness (QED) is 0.215. The van der Waals surface area contributed by atoms with Gasteiger partial charge in [0.05, 0.1) is 48.4 Å². The Hall–Kier alpha value is -4.74. The van der Waals surface area contributed by atoms with Crippen molar-refractivity contribution < 1.29 is 9.47 Å². The molecule has 0 unspecified atom stereocenters. The van der Waals surface area contributed by atoms with Gasteiger partial charge in [-0.25, -0.2) is 9.97 Å². The maximum absolute atomic E-state index is 9.28. The Labute approximate surface area is 238 Å². The average molecular weight is 553 g/mol. The minimum atomic E-state index is 0.472. The molecule has 0 aliphatic rings. The molecule has 5 rings (SSSR count). The Balaban J connectivity index is 1.62. The topological polar surface area (TPSA) is 90.3 Å². The number of fused-ring (bicyclic) bond motifs is 1. The van der Waals surface area contributed by atoms with Gasteiger partial charge in [0.25, 0.3) is 0 Å². The van der Waals surface area contributed by atoms with Crippen LogP contribution in [0.5, 0.6) is 11.5 Å². The summed E-state index contributed by atoms with van der Waals surface area (Å²) < 4.78 is 10.7. The highest BCUT2D eigenvalue weighted by atomic mass is 35.5. The number of nitriles is 1. The molecule has 9 heteroatoms. The van der Waals surface area contributed by atoms with Crippen molar-refractivity contribution in [2.45, 2.75) is 20.0 Å². The summed E-state index contributed by atoms with van der Waals surface area (Å²) in [4.78, 5) is 17.3. The summed E-state index contributed by atoms with van der Waals surface area (Å²) in [6, 6.07) is 23.5. The number of H-pyrrole nitrogens is 1. The van der Waals surface area contributed by atoms with Crippen molar-refractivity contribution in [3.8, 4) is 17.6 Å². The molecule has 8 nitrogen and oxygen atoms in total. The van der Waals surface area contributed by atoms with E-state index < -0.39 is 0 Å². The first-order chi connectivity index (χ1) is 19.4. The first-order valence-corrected chi connectivity index (χ1v) is 13.1. The van der Waals surface area contributed by atoms with E-state index in [-0.39, 0.29) is 0 Å². The number of aromatic amines is 1. The molecule has 0 spiro atoms. The maximum atomic E-state index is 9.28. The third-order valence-corrected chi connectivity index (χ3v) is 7.19. The summed E-state index contributed by atoms with van der Waals surface area (Å²) in [5.41, 5.74) is 6.05. The van der Waals surface area contributed by atoms with Gasteiger partial charge in [0, 0.05) is 25.7 Å². The molecule has 40 heavy (non-hydrogen) atoms. The Morgan fingerprint density at radius 1 is 0.900 bits per heavy atom. The summed E-state index contributed by atoms with van der Waals surface area (Å²) in [6.45, 7) is 3.20. The molecule has 0 radical (unpaired) electrons. The highest BCUT2D eigenvalue weighted by Gasteiger charge is 2.22. The summed E-state index contributed by atoms with van der Waals surface area (Å²) in [6.07, 6.45) is 1.69. The molecule has 0 fully saturated rings. The van der Waals surface area contributed by atoms with Crippen LogP contribution in [0.15, 0.2) is 73.1 Å². The van der Waals surface area contributed by atoms with Crippen molar-refractivity contribution in [1.29, 1.82) is 5.26 Å². The summed E-state index contributed by atoms with van der Waals surface area (Å²) in [7, 11) is 5.24. The lowest BCUT2D eigenvalue weighted by Gasteiger charge is -2.28. The molecule has 3 aromatic carbocycles. The largest absolute Gasteiger partial charge is 0.497 e. The molecule has 5 aromatic rings. The number of aryl methyl sites for hydroxylation is 1. The Morgan fingerprint density at radius 2 is 1.50 bits per heavy atom. The molecule has 0 saturated heterocycles. The number of halogens is 1. The minimum absolute atomic E-state index is 0.472. The standard InChI is InChI=1S/C31H29ClN6O2/c1-20-28-29(35-19-34-28)31(36-30(20)37(2)27-14-9-23(16-33)15-26(27)32)38(17-21-5-10-24(39-3)11-6-21)18-22-7-12-25(40-4)13-8-22/h5-15,19H,17-18H2,1-4H3,(H,34,35). The van der Waals surface area contributed by atoms with E-state index in [1.54, 1.807) is 32.7 Å². The lowest BCUT2D eigenvalue weighted by atomic mass is 10.1. The van der Waals surface area contributed by atoms with E-state index in [9.17, 15) is 5.26 Å². The lowest BCUT2D eigenvalue weighted by Crippen LogP contribution is -2.25. The van der Waals surface area contributed by atoms with Crippen molar-refractivity contribution in [2.75, 3.05) is 31.1 Å². The van der Waals surface area contributed by atoms with Crippen LogP contribution in [0.2, 0.25) is 5.02 Å². The number of benzene rings is 3. The van der Waals surface area contributed by atoms with E-state index in [2.05, 4.69) is 45.2 Å². The molecule has 0 aliphatic carbocycles. The number of nitrogens with zero attached hydrogens (tertiary/aromatic N) is 5. The first kappa shape index (κ1) is 26.9. The fourth-order valence-corrected chi connectivity index (χ4v) is 5.03. The Bertz CT molecular complexity index is 1630. The van der Waals surface area contributed by atoms with E-state index in [1.807, 2.05) is 49.2 Å². The molecular weight excluding hydrogens is 524 g/mol. The normalized spacial score (nSPS) is 10.8. The van der Waals surface area contributed by atoms with Gasteiger partial charge >= 0.3 is 0 Å². The van der Waals surface area contributed by atoms with E-state index in [1.165, 1.54) is 0 Å². The zero-order chi connectivity index (χ0) is 28.2. The maximum Gasteiger partial charge on any atom is 0.157 e. The van der Waals surface area contributed by atoms with Gasteiger partial charge in [-0.1, -0.05) is 35.9 Å². The van der Waals surface area contributed by atoms with E-state index in [0.717, 1.165) is 56.5 Å². The molecule has 0 amide bonds. The van der Waals surface area contributed by atoms with Crippen molar-refractivity contribution in [3.05, 3.63) is 100 Å². The number of nitrogens with one attached hydrogen (secondary N) is 1. The second-order valence-electron chi connectivity index (χ2n) is 9.40. The molecule has 2 aromatic heterocycles. The smallest absolute Gasteiger partial charge is 0.157 e. The van der Waals surface area contributed by atoms with Crippen LogP contribution < -0.4 is 19.3 Å². The van der Waals surface area contributed by atoms with Crippen LogP contribution in [0.1, 0.15) is 22.3 Å². The molecular formula is C31H29ClN6O2. The van der Waals surface area contributed by atoms with Gasteiger partial charge in [0.15, 0.2) is 5.82 Å². The summed E-state index contributed by atoms with van der Waals surface area (Å²) in [5, 5.41) is 9.75. The van der Waals surface area contributed by atoms with Gasteiger partial charge in [-0.15, -0.1) is 0 Å². The van der Waals surface area contributed by atoms with Crippen LogP contribution in [-0.4, -0.2) is 36.2 Å². The fraction of sp³-hybridized carbons (Fsp3) is 0.194. The van der Waals surface area contributed by atoms with Crippen molar-refractivity contribution in [3.63, 3.8) is 0 Å². The van der Waals surface area contributed by atoms with Gasteiger partial charge in [-0.3, -0.25) is 0 Å². The number of rotatable bonds is 9. The monoisotopic (exact) mass is 552 g/mol. The summed E-state index contributed by atoms with van der Waals surface area (Å²) in [5.74, 6) is 3.09. The molecule has 0 aliphatic heterocycles. The number of hydrogen-bond donors (Lipinski definition) is 1.